The number of nitrogens with one attached hydrogen (secondary N) is 2. The number of anilines is 3. The van der Waals surface area contributed by atoms with Gasteiger partial charge in [0.1, 0.15) is 16.4 Å². The lowest BCUT2D eigenvalue weighted by atomic mass is 9.93. The largest absolute Gasteiger partial charge is 0.354 e. The number of thiophene rings is 1. The van der Waals surface area contributed by atoms with Crippen molar-refractivity contribution < 1.29 is 14.4 Å². The first-order valence-corrected chi connectivity index (χ1v) is 16.3. The topological polar surface area (TPSA) is 101 Å². The lowest BCUT2D eigenvalue weighted by molar-refractivity contribution is -0.144. The first-order chi connectivity index (χ1) is 21.1. The second-order valence-electron chi connectivity index (χ2n) is 13.7. The first-order valence-electron chi connectivity index (χ1n) is 15.5. The van der Waals surface area contributed by atoms with E-state index in [1.54, 1.807) is 30.7 Å². The Labute approximate surface area is 270 Å². The molecule has 0 spiro atoms. The summed E-state index contributed by atoms with van der Waals surface area (Å²) < 4.78 is 0. The lowest BCUT2D eigenvalue weighted by Crippen LogP contribution is -2.63. The Morgan fingerprint density at radius 1 is 0.933 bits per heavy atom. The molecule has 240 valence electrons. The minimum Gasteiger partial charge on any atom is -0.354 e. The van der Waals surface area contributed by atoms with Crippen LogP contribution in [0.1, 0.15) is 55.4 Å². The van der Waals surface area contributed by atoms with E-state index in [1.165, 1.54) is 11.3 Å². The molecule has 11 heteroatoms. The third-order valence-corrected chi connectivity index (χ3v) is 10.2. The van der Waals surface area contributed by atoms with Gasteiger partial charge < -0.3 is 24.9 Å². The van der Waals surface area contributed by atoms with Crippen molar-refractivity contribution in [1.82, 2.24) is 19.7 Å². The van der Waals surface area contributed by atoms with Crippen molar-refractivity contribution in [2.75, 3.05) is 68.9 Å². The number of carbonyl (C=O) groups excluding carboxylic acids is 3. The zero-order valence-electron chi connectivity index (χ0n) is 27.7. The Balaban J connectivity index is 1.34. The average molecular weight is 632 g/mol. The number of carbonyl (C=O) groups is 3. The molecule has 2 aliphatic rings. The quantitative estimate of drug-likeness (QED) is 0.386. The summed E-state index contributed by atoms with van der Waals surface area (Å²) in [7, 11) is 3.89. The van der Waals surface area contributed by atoms with E-state index in [2.05, 4.69) is 60.4 Å². The summed E-state index contributed by atoms with van der Waals surface area (Å²) in [6.45, 7) is 16.6. The van der Waals surface area contributed by atoms with Crippen LogP contribution in [0.15, 0.2) is 42.6 Å². The smallest absolute Gasteiger partial charge is 0.324 e. The van der Waals surface area contributed by atoms with Gasteiger partial charge in [0.05, 0.1) is 5.56 Å². The highest BCUT2D eigenvalue weighted by Gasteiger charge is 2.44. The van der Waals surface area contributed by atoms with Crippen molar-refractivity contribution in [3.05, 3.63) is 58.6 Å². The van der Waals surface area contributed by atoms with Gasteiger partial charge in [-0.1, -0.05) is 26.8 Å². The normalized spacial score (nSPS) is 17.4. The molecule has 0 saturated carbocycles. The van der Waals surface area contributed by atoms with E-state index in [-0.39, 0.29) is 17.2 Å². The zero-order chi connectivity index (χ0) is 32.7. The highest BCUT2D eigenvalue weighted by Crippen LogP contribution is 2.38. The van der Waals surface area contributed by atoms with Crippen LogP contribution in [-0.4, -0.2) is 96.4 Å². The summed E-state index contributed by atoms with van der Waals surface area (Å²) >= 11 is 1.39. The van der Waals surface area contributed by atoms with Crippen LogP contribution in [0.5, 0.6) is 0 Å². The Kier molecular flexibility index (Phi) is 8.97. The number of benzene rings is 1. The van der Waals surface area contributed by atoms with Crippen LogP contribution in [-0.2, 0) is 10.2 Å². The molecule has 5 rings (SSSR count). The summed E-state index contributed by atoms with van der Waals surface area (Å²) in [5, 5.41) is 6.36. The predicted molar refractivity (Wildman–Crippen MR) is 183 cm³/mol. The van der Waals surface area contributed by atoms with Gasteiger partial charge in [-0.3, -0.25) is 14.9 Å². The molecule has 2 saturated heterocycles. The minimum atomic E-state index is -0.997. The van der Waals surface area contributed by atoms with E-state index in [0.717, 1.165) is 53.6 Å². The third kappa shape index (κ3) is 6.84. The monoisotopic (exact) mass is 631 g/mol. The second kappa shape index (κ2) is 12.4. The molecule has 4 heterocycles. The van der Waals surface area contributed by atoms with Gasteiger partial charge in [0.2, 0.25) is 5.91 Å². The van der Waals surface area contributed by atoms with E-state index >= 15 is 0 Å². The molecule has 2 aromatic heterocycles. The Hall–Kier alpha value is -3.96. The second-order valence-corrected chi connectivity index (χ2v) is 14.7. The molecule has 0 bridgehead atoms. The number of hydrogen-bond donors (Lipinski definition) is 2. The van der Waals surface area contributed by atoms with Crippen LogP contribution in [0.2, 0.25) is 0 Å². The van der Waals surface area contributed by atoms with Crippen molar-refractivity contribution in [2.24, 2.45) is 0 Å². The van der Waals surface area contributed by atoms with Gasteiger partial charge in [0.15, 0.2) is 0 Å². The standard InChI is InChI=1S/C34H45N7O3S/c1-22-9-11-24(19-25(22)23-10-12-28(35-21-23)40-16-13-38(7)14-17-40)36-32(44)37-29-26(20-27(45-29)33(2,3)4)30(42)41-18-15-39(8)31(43)34(41,5)6/h9-12,19-21H,13-18H2,1-8H3,(H2,36,37,44). The number of aryl methyl sites for hydroxylation is 1. The molecule has 2 aliphatic heterocycles. The number of nitrogens with zero attached hydrogens (tertiary/aromatic N) is 5. The molecule has 0 unspecified atom stereocenters. The summed E-state index contributed by atoms with van der Waals surface area (Å²) in [6, 6.07) is 11.3. The van der Waals surface area contributed by atoms with E-state index in [1.807, 2.05) is 37.4 Å². The van der Waals surface area contributed by atoms with Gasteiger partial charge in [0.25, 0.3) is 5.91 Å². The predicted octanol–water partition coefficient (Wildman–Crippen LogP) is 5.50. The van der Waals surface area contributed by atoms with E-state index in [4.69, 9.17) is 4.98 Å². The number of hydrogen-bond acceptors (Lipinski definition) is 7. The van der Waals surface area contributed by atoms with E-state index < -0.39 is 11.6 Å². The molecule has 0 radical (unpaired) electrons. The van der Waals surface area contributed by atoms with E-state index in [0.29, 0.717) is 29.3 Å². The number of pyridine rings is 1. The number of rotatable bonds is 5. The fourth-order valence-electron chi connectivity index (χ4n) is 5.77. The van der Waals surface area contributed by atoms with Gasteiger partial charge in [-0.05, 0) is 74.7 Å². The summed E-state index contributed by atoms with van der Waals surface area (Å²) in [4.78, 5) is 53.8. The summed E-state index contributed by atoms with van der Waals surface area (Å²) in [5.41, 5.74) is 2.81. The molecular weight excluding hydrogens is 586 g/mol. The van der Waals surface area contributed by atoms with Gasteiger partial charge in [-0.15, -0.1) is 11.3 Å². The maximum atomic E-state index is 13.9. The average Bonchev–Trinajstić information content (AvgIpc) is 3.41. The number of piperazine rings is 2. The van der Waals surface area contributed by atoms with Gasteiger partial charge >= 0.3 is 6.03 Å². The number of aromatic nitrogens is 1. The molecule has 2 N–H and O–H groups in total. The lowest BCUT2D eigenvalue weighted by Gasteiger charge is -2.44. The Bertz CT molecular complexity index is 1580. The van der Waals surface area contributed by atoms with Crippen LogP contribution < -0.4 is 15.5 Å². The van der Waals surface area contributed by atoms with Crippen molar-refractivity contribution in [3.8, 4) is 11.1 Å². The number of likely N-dealkylation sites (N-methyl/N-ethyl adjacent to an activating group) is 2. The highest BCUT2D eigenvalue weighted by molar-refractivity contribution is 7.16. The molecule has 0 atom stereocenters. The molecule has 1 aromatic carbocycles. The molecule has 3 aromatic rings. The minimum absolute atomic E-state index is 0.111. The van der Waals surface area contributed by atoms with Crippen LogP contribution in [0.3, 0.4) is 0 Å². The van der Waals surface area contributed by atoms with Crippen molar-refractivity contribution in [3.63, 3.8) is 0 Å². The molecule has 45 heavy (non-hydrogen) atoms. The zero-order valence-corrected chi connectivity index (χ0v) is 28.5. The Morgan fingerprint density at radius 2 is 1.64 bits per heavy atom. The maximum Gasteiger partial charge on any atom is 0.324 e. The van der Waals surface area contributed by atoms with Crippen molar-refractivity contribution in [1.29, 1.82) is 0 Å². The molecule has 4 amide bonds. The number of amides is 4. The fraction of sp³-hybridized carbons (Fsp3) is 0.471. The van der Waals surface area contributed by atoms with Gasteiger partial charge in [-0.25, -0.2) is 9.78 Å². The van der Waals surface area contributed by atoms with Gasteiger partial charge in [0, 0.05) is 68.6 Å². The summed E-state index contributed by atoms with van der Waals surface area (Å²) in [6.07, 6.45) is 1.89. The molecule has 0 aliphatic carbocycles. The summed E-state index contributed by atoms with van der Waals surface area (Å²) in [5.74, 6) is 0.590. The van der Waals surface area contributed by atoms with Crippen LogP contribution in [0, 0.1) is 6.92 Å². The first kappa shape index (κ1) is 32.4. The van der Waals surface area contributed by atoms with E-state index in [9.17, 15) is 14.4 Å². The SMILES string of the molecule is Cc1ccc(NC(=O)Nc2sc(C(C)(C)C)cc2C(=O)N2CCN(C)C(=O)C2(C)C)cc1-c1ccc(N2CCN(C)CC2)nc1. The molecular formula is C34H45N7O3S. The van der Waals surface area contributed by atoms with Crippen LogP contribution in [0.4, 0.5) is 21.3 Å². The molecule has 10 nitrogen and oxygen atoms in total. The highest BCUT2D eigenvalue weighted by atomic mass is 32.1. The third-order valence-electron chi connectivity index (χ3n) is 8.76. The van der Waals surface area contributed by atoms with Crippen LogP contribution >= 0.6 is 11.3 Å². The maximum absolute atomic E-state index is 13.9. The Morgan fingerprint density at radius 3 is 2.29 bits per heavy atom. The fourth-order valence-corrected chi connectivity index (χ4v) is 6.87. The van der Waals surface area contributed by atoms with Crippen LogP contribution in [0.25, 0.3) is 11.1 Å². The number of urea groups is 1. The van der Waals surface area contributed by atoms with Crippen molar-refractivity contribution in [2.45, 2.75) is 52.5 Å². The van der Waals surface area contributed by atoms with Gasteiger partial charge in [-0.2, -0.15) is 0 Å². The van der Waals surface area contributed by atoms with Crippen molar-refractivity contribution >= 4 is 45.7 Å². The molecule has 2 fully saturated rings.